The third-order valence-electron chi connectivity index (χ3n) is 6.80. The van der Waals surface area contributed by atoms with Crippen LogP contribution in [0.15, 0.2) is 22.8 Å². The predicted molar refractivity (Wildman–Crippen MR) is 110 cm³/mol. The van der Waals surface area contributed by atoms with Gasteiger partial charge < -0.3 is 9.73 Å². The van der Waals surface area contributed by atoms with Crippen LogP contribution in [0, 0.1) is 23.2 Å². The van der Waals surface area contributed by atoms with Crippen LogP contribution in [0.5, 0.6) is 0 Å². The Morgan fingerprint density at radius 3 is 2.34 bits per heavy atom. The molecule has 0 aliphatic heterocycles. The van der Waals surface area contributed by atoms with Gasteiger partial charge >= 0.3 is 0 Å². The minimum absolute atomic E-state index is 0.0640. The Kier molecular flexibility index (Phi) is 5.90. The quantitative estimate of drug-likeness (QED) is 0.590. The van der Waals surface area contributed by atoms with Crippen molar-refractivity contribution in [1.29, 1.82) is 0 Å². The minimum Gasteiger partial charge on any atom is -0.459 e. The number of thioether (sulfide) groups is 1. The van der Waals surface area contributed by atoms with E-state index in [9.17, 15) is 14.4 Å². The van der Waals surface area contributed by atoms with Crippen LogP contribution in [0.2, 0.25) is 0 Å². The van der Waals surface area contributed by atoms with Gasteiger partial charge in [0.2, 0.25) is 5.91 Å². The largest absolute Gasteiger partial charge is 0.459 e. The van der Waals surface area contributed by atoms with E-state index in [2.05, 4.69) is 16.2 Å². The van der Waals surface area contributed by atoms with Crippen LogP contribution in [-0.2, 0) is 9.59 Å². The van der Waals surface area contributed by atoms with Crippen LogP contribution in [0.3, 0.4) is 0 Å². The third-order valence-corrected chi connectivity index (χ3v) is 7.44. The van der Waals surface area contributed by atoms with Gasteiger partial charge in [-0.1, -0.05) is 0 Å². The van der Waals surface area contributed by atoms with Crippen molar-refractivity contribution in [2.75, 3.05) is 12.0 Å². The van der Waals surface area contributed by atoms with Gasteiger partial charge in [0.15, 0.2) is 5.76 Å². The van der Waals surface area contributed by atoms with Gasteiger partial charge in [-0.05, 0) is 86.8 Å². The van der Waals surface area contributed by atoms with E-state index in [1.807, 2.05) is 6.26 Å². The maximum atomic E-state index is 13.0. The average molecular weight is 420 g/mol. The molecule has 158 valence electrons. The highest BCUT2D eigenvalue weighted by Crippen LogP contribution is 2.60. The summed E-state index contributed by atoms with van der Waals surface area (Å²) < 4.78 is 5.10. The molecule has 7 nitrogen and oxygen atoms in total. The zero-order valence-electron chi connectivity index (χ0n) is 16.7. The fourth-order valence-corrected chi connectivity index (χ4v) is 6.34. The van der Waals surface area contributed by atoms with Gasteiger partial charge in [-0.3, -0.25) is 25.2 Å². The molecule has 1 aromatic rings. The summed E-state index contributed by atoms with van der Waals surface area (Å²) in [5, 5.41) is 2.70. The van der Waals surface area contributed by atoms with Gasteiger partial charge in [0.25, 0.3) is 11.8 Å². The summed E-state index contributed by atoms with van der Waals surface area (Å²) in [4.78, 5) is 38.0. The highest BCUT2D eigenvalue weighted by Gasteiger charge is 2.54. The molecule has 0 saturated heterocycles. The van der Waals surface area contributed by atoms with Crippen molar-refractivity contribution in [3.05, 3.63) is 24.2 Å². The monoisotopic (exact) mass is 419 g/mol. The van der Waals surface area contributed by atoms with Gasteiger partial charge in [0, 0.05) is 0 Å². The smallest absolute Gasteiger partial charge is 0.287 e. The summed E-state index contributed by atoms with van der Waals surface area (Å²) in [6.07, 6.45) is 10.4. The van der Waals surface area contributed by atoms with E-state index >= 15 is 0 Å². The first-order valence-electron chi connectivity index (χ1n) is 10.4. The molecule has 3 amide bonds. The van der Waals surface area contributed by atoms with E-state index in [1.165, 1.54) is 25.5 Å². The number of rotatable bonds is 7. The summed E-state index contributed by atoms with van der Waals surface area (Å²) in [6.45, 7) is 0. The summed E-state index contributed by atoms with van der Waals surface area (Å²) >= 11 is 1.59. The second-order valence-electron chi connectivity index (χ2n) is 8.93. The molecule has 4 saturated carbocycles. The van der Waals surface area contributed by atoms with E-state index in [1.54, 1.807) is 23.9 Å². The molecular weight excluding hydrogens is 390 g/mol. The second kappa shape index (κ2) is 8.42. The van der Waals surface area contributed by atoms with Gasteiger partial charge in [0.05, 0.1) is 11.7 Å². The Labute approximate surface area is 175 Å². The lowest BCUT2D eigenvalue weighted by Crippen LogP contribution is -2.59. The number of carbonyl (C=O) groups is 3. The molecule has 1 unspecified atom stereocenters. The molecule has 5 rings (SSSR count). The van der Waals surface area contributed by atoms with Crippen LogP contribution < -0.4 is 16.2 Å². The zero-order valence-corrected chi connectivity index (χ0v) is 17.6. The first kappa shape index (κ1) is 20.3. The van der Waals surface area contributed by atoms with Gasteiger partial charge in [-0.25, -0.2) is 0 Å². The molecule has 4 aliphatic rings. The average Bonchev–Trinajstić information content (AvgIpc) is 3.22. The van der Waals surface area contributed by atoms with Gasteiger partial charge in [-0.15, -0.1) is 0 Å². The molecule has 1 atom stereocenters. The van der Waals surface area contributed by atoms with Crippen LogP contribution >= 0.6 is 11.8 Å². The molecule has 29 heavy (non-hydrogen) atoms. The lowest BCUT2D eigenvalue weighted by molar-refractivity contribution is -0.149. The fraction of sp³-hybridized carbons (Fsp3) is 0.667. The lowest BCUT2D eigenvalue weighted by atomic mass is 9.49. The minimum atomic E-state index is -0.739. The Hall–Kier alpha value is -1.96. The molecule has 8 heteroatoms. The molecule has 0 aromatic carbocycles. The van der Waals surface area contributed by atoms with Crippen molar-refractivity contribution in [3.63, 3.8) is 0 Å². The number of nitrogens with one attached hydrogen (secondary N) is 3. The molecule has 4 aliphatic carbocycles. The number of hydrogen-bond donors (Lipinski definition) is 3. The summed E-state index contributed by atoms with van der Waals surface area (Å²) in [5.41, 5.74) is 4.93. The van der Waals surface area contributed by atoms with Crippen LogP contribution in [0.25, 0.3) is 0 Å². The highest BCUT2D eigenvalue weighted by molar-refractivity contribution is 7.98. The highest BCUT2D eigenvalue weighted by atomic mass is 32.2. The van der Waals surface area contributed by atoms with E-state index in [0.717, 1.165) is 19.3 Å². The van der Waals surface area contributed by atoms with Crippen LogP contribution in [0.1, 0.15) is 55.5 Å². The topological polar surface area (TPSA) is 100 Å². The SMILES string of the molecule is CSCCC(NC(=O)c1ccco1)C(=O)NNC(=O)C12CC3CC(CC(C3)C1)C2. The number of hydrogen-bond acceptors (Lipinski definition) is 5. The Balaban J connectivity index is 1.35. The molecular formula is C21H29N3O4S. The Morgan fingerprint density at radius 2 is 1.79 bits per heavy atom. The van der Waals surface area contributed by atoms with E-state index in [-0.39, 0.29) is 17.1 Å². The van der Waals surface area contributed by atoms with Crippen molar-refractivity contribution in [2.24, 2.45) is 23.2 Å². The van der Waals surface area contributed by atoms with Crippen LogP contribution in [0.4, 0.5) is 0 Å². The number of hydrazine groups is 1. The standard InChI is InChI=1S/C21H29N3O4S/c1-29-6-4-16(22-19(26)17-3-2-5-28-17)18(25)23-24-20(27)21-10-13-7-14(11-21)9-15(8-13)12-21/h2-3,5,13-16H,4,6-12H2,1H3,(H,22,26)(H,23,25)(H,24,27). The van der Waals surface area contributed by atoms with E-state index in [0.29, 0.717) is 29.9 Å². The van der Waals surface area contributed by atoms with E-state index in [4.69, 9.17) is 4.42 Å². The number of amides is 3. The maximum absolute atomic E-state index is 13.0. The molecule has 4 bridgehead atoms. The third kappa shape index (κ3) is 4.32. The Morgan fingerprint density at radius 1 is 1.14 bits per heavy atom. The normalized spacial score (nSPS) is 30.6. The van der Waals surface area contributed by atoms with E-state index < -0.39 is 17.9 Å². The van der Waals surface area contributed by atoms with Crippen molar-refractivity contribution in [3.8, 4) is 0 Å². The van der Waals surface area contributed by atoms with Crippen molar-refractivity contribution >= 4 is 29.5 Å². The fourth-order valence-electron chi connectivity index (χ4n) is 5.87. The van der Waals surface area contributed by atoms with Crippen molar-refractivity contribution in [1.82, 2.24) is 16.2 Å². The second-order valence-corrected chi connectivity index (χ2v) is 9.91. The lowest BCUT2D eigenvalue weighted by Gasteiger charge is -2.55. The maximum Gasteiger partial charge on any atom is 0.287 e. The molecule has 1 heterocycles. The molecule has 1 aromatic heterocycles. The number of carbonyl (C=O) groups excluding carboxylic acids is 3. The summed E-state index contributed by atoms with van der Waals surface area (Å²) in [7, 11) is 0. The van der Waals surface area contributed by atoms with Gasteiger partial charge in [0.1, 0.15) is 6.04 Å². The molecule has 0 spiro atoms. The summed E-state index contributed by atoms with van der Waals surface area (Å²) in [6, 6.07) is 2.43. The first-order valence-corrected chi connectivity index (χ1v) is 11.8. The molecule has 0 radical (unpaired) electrons. The van der Waals surface area contributed by atoms with Crippen LogP contribution in [-0.4, -0.2) is 35.8 Å². The predicted octanol–water partition coefficient (Wildman–Crippen LogP) is 2.49. The summed E-state index contributed by atoms with van der Waals surface area (Å²) in [5.74, 6) is 1.93. The molecule has 3 N–H and O–H groups in total. The first-order chi connectivity index (χ1) is 14.0. The number of furan rings is 1. The van der Waals surface area contributed by atoms with Crippen molar-refractivity contribution < 1.29 is 18.8 Å². The zero-order chi connectivity index (χ0) is 20.4. The van der Waals surface area contributed by atoms with Gasteiger partial charge in [-0.2, -0.15) is 11.8 Å². The van der Waals surface area contributed by atoms with Crippen molar-refractivity contribution in [2.45, 2.75) is 51.0 Å². The molecule has 4 fully saturated rings. The Bertz CT molecular complexity index is 729.